The van der Waals surface area contributed by atoms with E-state index in [0.717, 1.165) is 18.0 Å². The molecule has 6 nitrogen and oxygen atoms in total. The number of aromatic nitrogens is 2. The summed E-state index contributed by atoms with van der Waals surface area (Å²) in [7, 11) is 0. The fourth-order valence-electron chi connectivity index (χ4n) is 2.50. The Bertz CT molecular complexity index is 708. The number of nitrogens with zero attached hydrogens (tertiary/aromatic N) is 3. The molecule has 1 fully saturated rings. The Labute approximate surface area is 139 Å². The molecule has 0 N–H and O–H groups in total. The van der Waals surface area contributed by atoms with Crippen molar-refractivity contribution in [3.05, 3.63) is 48.0 Å². The molecule has 0 unspecified atom stereocenters. The van der Waals surface area contributed by atoms with E-state index in [1.165, 1.54) is 0 Å². The van der Waals surface area contributed by atoms with Crippen molar-refractivity contribution in [1.82, 2.24) is 14.9 Å². The molecule has 1 saturated heterocycles. The predicted octanol–water partition coefficient (Wildman–Crippen LogP) is 1.98. The van der Waals surface area contributed by atoms with Crippen LogP contribution in [0.25, 0.3) is 0 Å². The molecule has 1 aliphatic heterocycles. The monoisotopic (exact) mass is 331 g/mol. The zero-order valence-corrected chi connectivity index (χ0v) is 13.3. The number of ether oxygens (including phenoxy) is 2. The Morgan fingerprint density at radius 2 is 2.17 bits per heavy atom. The van der Waals surface area contributed by atoms with Crippen LogP contribution in [0.4, 0.5) is 4.39 Å². The highest BCUT2D eigenvalue weighted by Crippen LogP contribution is 2.16. The number of hydrogen-bond donors (Lipinski definition) is 0. The molecule has 1 aliphatic rings. The molecule has 2 heterocycles. The first-order chi connectivity index (χ1) is 11.6. The first-order valence-electron chi connectivity index (χ1n) is 7.71. The summed E-state index contributed by atoms with van der Waals surface area (Å²) in [5, 5.41) is 0. The number of benzene rings is 1. The van der Waals surface area contributed by atoms with Gasteiger partial charge in [0.1, 0.15) is 11.9 Å². The first-order valence-corrected chi connectivity index (χ1v) is 7.71. The van der Waals surface area contributed by atoms with Gasteiger partial charge in [0.25, 0.3) is 5.91 Å². The Balaban J connectivity index is 1.48. The minimum absolute atomic E-state index is 0.0107. The van der Waals surface area contributed by atoms with Crippen LogP contribution in [0.1, 0.15) is 12.0 Å². The summed E-state index contributed by atoms with van der Waals surface area (Å²) in [6.45, 7) is 2.98. The standard InChI is InChI=1S/C17H18FN3O3/c1-12-3-2-4-14(7-12)23-11-16(22)21-6-5-15(10-21)24-17-19-8-13(18)9-20-17/h2-4,7-9,15H,5-6,10-11H2,1H3/t15-/m1/s1. The van der Waals surface area contributed by atoms with Gasteiger partial charge in [0.15, 0.2) is 12.4 Å². The van der Waals surface area contributed by atoms with E-state index in [2.05, 4.69) is 9.97 Å². The Morgan fingerprint density at radius 3 is 2.92 bits per heavy atom. The number of carbonyl (C=O) groups excluding carboxylic acids is 1. The Hall–Kier alpha value is -2.70. The minimum Gasteiger partial charge on any atom is -0.484 e. The molecule has 24 heavy (non-hydrogen) atoms. The van der Waals surface area contributed by atoms with Crippen molar-refractivity contribution in [2.45, 2.75) is 19.4 Å². The lowest BCUT2D eigenvalue weighted by molar-refractivity contribution is -0.132. The molecule has 1 atom stereocenters. The van der Waals surface area contributed by atoms with Crippen molar-refractivity contribution in [3.8, 4) is 11.8 Å². The van der Waals surface area contributed by atoms with E-state index in [1.807, 2.05) is 31.2 Å². The molecular weight excluding hydrogens is 313 g/mol. The Kier molecular flexibility index (Phi) is 4.88. The summed E-state index contributed by atoms with van der Waals surface area (Å²) < 4.78 is 23.9. The third-order valence-electron chi connectivity index (χ3n) is 3.72. The fourth-order valence-corrected chi connectivity index (χ4v) is 2.50. The van der Waals surface area contributed by atoms with Gasteiger partial charge in [0.05, 0.1) is 18.9 Å². The number of likely N-dealkylation sites (tertiary alicyclic amines) is 1. The number of carbonyl (C=O) groups is 1. The van der Waals surface area contributed by atoms with Gasteiger partial charge in [-0.05, 0) is 24.6 Å². The Morgan fingerprint density at radius 1 is 1.38 bits per heavy atom. The van der Waals surface area contributed by atoms with Gasteiger partial charge in [-0.2, -0.15) is 0 Å². The number of rotatable bonds is 5. The molecule has 1 aromatic carbocycles. The molecule has 0 radical (unpaired) electrons. The number of hydrogen-bond acceptors (Lipinski definition) is 5. The second-order valence-electron chi connectivity index (χ2n) is 5.66. The maximum atomic E-state index is 12.8. The molecule has 0 saturated carbocycles. The number of amides is 1. The number of aryl methyl sites for hydroxylation is 1. The molecule has 7 heteroatoms. The molecule has 0 aliphatic carbocycles. The van der Waals surface area contributed by atoms with Crippen LogP contribution in [0.5, 0.6) is 11.8 Å². The largest absolute Gasteiger partial charge is 0.484 e. The van der Waals surface area contributed by atoms with E-state index in [-0.39, 0.29) is 24.6 Å². The van der Waals surface area contributed by atoms with E-state index in [1.54, 1.807) is 4.90 Å². The van der Waals surface area contributed by atoms with Gasteiger partial charge in [0.2, 0.25) is 0 Å². The summed E-state index contributed by atoms with van der Waals surface area (Å²) in [6.07, 6.45) is 2.58. The van der Waals surface area contributed by atoms with E-state index in [4.69, 9.17) is 9.47 Å². The third kappa shape index (κ3) is 4.18. The van der Waals surface area contributed by atoms with Crippen molar-refractivity contribution in [1.29, 1.82) is 0 Å². The van der Waals surface area contributed by atoms with E-state index in [0.29, 0.717) is 25.3 Å². The molecule has 1 amide bonds. The van der Waals surface area contributed by atoms with Gasteiger partial charge in [0, 0.05) is 13.0 Å². The lowest BCUT2D eigenvalue weighted by atomic mass is 10.2. The molecule has 2 aromatic rings. The molecule has 0 bridgehead atoms. The van der Waals surface area contributed by atoms with Gasteiger partial charge >= 0.3 is 6.01 Å². The molecule has 3 rings (SSSR count). The van der Waals surface area contributed by atoms with Gasteiger partial charge < -0.3 is 14.4 Å². The van der Waals surface area contributed by atoms with Crippen LogP contribution in [0.15, 0.2) is 36.7 Å². The van der Waals surface area contributed by atoms with E-state index in [9.17, 15) is 9.18 Å². The first kappa shape index (κ1) is 16.2. The summed E-state index contributed by atoms with van der Waals surface area (Å²) in [5.74, 6) is 0.0663. The van der Waals surface area contributed by atoms with E-state index >= 15 is 0 Å². The van der Waals surface area contributed by atoms with Crippen LogP contribution in [0.3, 0.4) is 0 Å². The molecule has 0 spiro atoms. The highest BCUT2D eigenvalue weighted by molar-refractivity contribution is 5.78. The third-order valence-corrected chi connectivity index (χ3v) is 3.72. The van der Waals surface area contributed by atoms with Crippen molar-refractivity contribution >= 4 is 5.91 Å². The van der Waals surface area contributed by atoms with Gasteiger partial charge in [-0.25, -0.2) is 14.4 Å². The smallest absolute Gasteiger partial charge is 0.316 e. The topological polar surface area (TPSA) is 64.5 Å². The van der Waals surface area contributed by atoms with Crippen LogP contribution in [-0.4, -0.2) is 46.6 Å². The molecule has 1 aromatic heterocycles. The molecule has 126 valence electrons. The van der Waals surface area contributed by atoms with Crippen molar-refractivity contribution in [2.24, 2.45) is 0 Å². The average Bonchev–Trinajstić information content (AvgIpc) is 3.03. The van der Waals surface area contributed by atoms with Crippen LogP contribution in [0.2, 0.25) is 0 Å². The summed E-state index contributed by atoms with van der Waals surface area (Å²) >= 11 is 0. The van der Waals surface area contributed by atoms with E-state index < -0.39 is 5.82 Å². The van der Waals surface area contributed by atoms with Gasteiger partial charge in [-0.1, -0.05) is 12.1 Å². The second kappa shape index (κ2) is 7.25. The van der Waals surface area contributed by atoms with Crippen LogP contribution in [-0.2, 0) is 4.79 Å². The predicted molar refractivity (Wildman–Crippen MR) is 84.3 cm³/mol. The highest BCUT2D eigenvalue weighted by atomic mass is 19.1. The average molecular weight is 331 g/mol. The quantitative estimate of drug-likeness (QED) is 0.838. The van der Waals surface area contributed by atoms with Gasteiger partial charge in [-0.3, -0.25) is 4.79 Å². The zero-order chi connectivity index (χ0) is 16.9. The van der Waals surface area contributed by atoms with Crippen LogP contribution in [0, 0.1) is 12.7 Å². The normalized spacial score (nSPS) is 16.9. The van der Waals surface area contributed by atoms with Crippen LogP contribution < -0.4 is 9.47 Å². The van der Waals surface area contributed by atoms with Crippen molar-refractivity contribution in [2.75, 3.05) is 19.7 Å². The lowest BCUT2D eigenvalue weighted by Gasteiger charge is -2.17. The highest BCUT2D eigenvalue weighted by Gasteiger charge is 2.28. The van der Waals surface area contributed by atoms with Gasteiger partial charge in [-0.15, -0.1) is 0 Å². The maximum Gasteiger partial charge on any atom is 0.316 e. The summed E-state index contributed by atoms with van der Waals surface area (Å²) in [6, 6.07) is 7.68. The molecular formula is C17H18FN3O3. The van der Waals surface area contributed by atoms with Crippen molar-refractivity contribution in [3.63, 3.8) is 0 Å². The minimum atomic E-state index is -0.515. The second-order valence-corrected chi connectivity index (χ2v) is 5.66. The fraction of sp³-hybridized carbons (Fsp3) is 0.353. The maximum absolute atomic E-state index is 12.8. The van der Waals surface area contributed by atoms with Crippen LogP contribution >= 0.6 is 0 Å². The SMILES string of the molecule is Cc1cccc(OCC(=O)N2CC[C@@H](Oc3ncc(F)cn3)C2)c1. The number of halogens is 1. The summed E-state index contributed by atoms with van der Waals surface area (Å²) in [5.41, 5.74) is 1.08. The summed E-state index contributed by atoms with van der Waals surface area (Å²) in [4.78, 5) is 21.4. The zero-order valence-electron chi connectivity index (χ0n) is 13.3. The van der Waals surface area contributed by atoms with Crippen molar-refractivity contribution < 1.29 is 18.7 Å². The lowest BCUT2D eigenvalue weighted by Crippen LogP contribution is -2.34.